The van der Waals surface area contributed by atoms with Crippen molar-refractivity contribution in [3.63, 3.8) is 0 Å². The minimum absolute atomic E-state index is 0.328. The van der Waals surface area contributed by atoms with Crippen LogP contribution in [-0.2, 0) is 0 Å². The van der Waals surface area contributed by atoms with Crippen molar-refractivity contribution < 1.29 is 9.13 Å². The molecular formula is C15H17BrFN3O. The van der Waals surface area contributed by atoms with E-state index in [0.29, 0.717) is 22.4 Å². The van der Waals surface area contributed by atoms with E-state index in [2.05, 4.69) is 26.3 Å². The van der Waals surface area contributed by atoms with Gasteiger partial charge in [-0.2, -0.15) is 0 Å². The number of hydrogen-bond acceptors (Lipinski definition) is 4. The molecule has 0 spiro atoms. The number of halogens is 2. The van der Waals surface area contributed by atoms with Gasteiger partial charge in [0.2, 0.25) is 0 Å². The molecule has 0 aliphatic heterocycles. The first-order chi connectivity index (χ1) is 10.1. The maximum atomic E-state index is 13.5. The molecule has 1 aromatic carbocycles. The summed E-state index contributed by atoms with van der Waals surface area (Å²) in [4.78, 5) is 4.15. The van der Waals surface area contributed by atoms with E-state index in [4.69, 9.17) is 10.6 Å². The molecule has 0 fully saturated rings. The van der Waals surface area contributed by atoms with Gasteiger partial charge in [0.1, 0.15) is 11.6 Å². The molecule has 0 radical (unpaired) electrons. The molecule has 2 rings (SSSR count). The Morgan fingerprint density at radius 1 is 1.29 bits per heavy atom. The quantitative estimate of drug-likeness (QED) is 0.617. The number of aromatic nitrogens is 1. The van der Waals surface area contributed by atoms with Crippen molar-refractivity contribution in [1.29, 1.82) is 0 Å². The van der Waals surface area contributed by atoms with Crippen LogP contribution in [0.5, 0.6) is 5.75 Å². The van der Waals surface area contributed by atoms with Gasteiger partial charge in [-0.3, -0.25) is 10.8 Å². The molecule has 1 atom stereocenters. The van der Waals surface area contributed by atoms with Gasteiger partial charge in [0, 0.05) is 10.7 Å². The summed E-state index contributed by atoms with van der Waals surface area (Å²) in [6.07, 6.45) is 4.25. The van der Waals surface area contributed by atoms with Crippen LogP contribution in [0.2, 0.25) is 0 Å². The van der Waals surface area contributed by atoms with E-state index in [-0.39, 0.29) is 11.9 Å². The molecule has 0 amide bonds. The molecule has 1 heterocycles. The minimum atomic E-state index is -0.366. The van der Waals surface area contributed by atoms with Gasteiger partial charge in [-0.05, 0) is 41.8 Å². The molecule has 1 unspecified atom stereocenters. The van der Waals surface area contributed by atoms with E-state index in [1.807, 2.05) is 19.1 Å². The summed E-state index contributed by atoms with van der Waals surface area (Å²) in [6, 6.07) is 6.14. The van der Waals surface area contributed by atoms with Crippen LogP contribution in [0.4, 0.5) is 4.39 Å². The van der Waals surface area contributed by atoms with Crippen molar-refractivity contribution in [3.05, 3.63) is 58.1 Å². The standard InChI is InChI=1S/C15H17BrFN3O/c1-2-3-21-14-6-11(8-19-9-14)15(20-18)10-4-12(16)7-13(17)5-10/h4-9,15,20H,2-3,18H2,1H3. The summed E-state index contributed by atoms with van der Waals surface area (Å²) in [7, 11) is 0. The molecule has 0 bridgehead atoms. The highest BCUT2D eigenvalue weighted by Crippen LogP contribution is 2.26. The number of rotatable bonds is 6. The highest BCUT2D eigenvalue weighted by molar-refractivity contribution is 9.10. The third-order valence-corrected chi connectivity index (χ3v) is 3.38. The average Bonchev–Trinajstić information content (AvgIpc) is 2.45. The number of hydrazine groups is 1. The van der Waals surface area contributed by atoms with Crippen LogP contribution in [0.15, 0.2) is 41.1 Å². The number of hydrogen-bond donors (Lipinski definition) is 2. The largest absolute Gasteiger partial charge is 0.492 e. The van der Waals surface area contributed by atoms with Crippen LogP contribution in [0.3, 0.4) is 0 Å². The van der Waals surface area contributed by atoms with Gasteiger partial charge in [0.05, 0.1) is 18.8 Å². The van der Waals surface area contributed by atoms with Gasteiger partial charge < -0.3 is 4.74 Å². The zero-order chi connectivity index (χ0) is 15.2. The molecule has 3 N–H and O–H groups in total. The molecule has 0 saturated carbocycles. The van der Waals surface area contributed by atoms with Crippen molar-refractivity contribution in [2.75, 3.05) is 6.61 Å². The Bertz CT molecular complexity index is 589. The Balaban J connectivity index is 2.32. The van der Waals surface area contributed by atoms with E-state index in [1.54, 1.807) is 12.4 Å². The smallest absolute Gasteiger partial charge is 0.137 e. The van der Waals surface area contributed by atoms with E-state index in [9.17, 15) is 4.39 Å². The normalized spacial score (nSPS) is 12.2. The Labute approximate surface area is 131 Å². The first-order valence-electron chi connectivity index (χ1n) is 6.64. The fourth-order valence-electron chi connectivity index (χ4n) is 2.02. The second kappa shape index (κ2) is 7.49. The molecule has 6 heteroatoms. The summed E-state index contributed by atoms with van der Waals surface area (Å²) in [6.45, 7) is 2.66. The van der Waals surface area contributed by atoms with Gasteiger partial charge in [-0.1, -0.05) is 22.9 Å². The van der Waals surface area contributed by atoms with Crippen molar-refractivity contribution in [3.8, 4) is 5.75 Å². The fourth-order valence-corrected chi connectivity index (χ4v) is 2.50. The maximum absolute atomic E-state index is 13.5. The third kappa shape index (κ3) is 4.23. The zero-order valence-corrected chi connectivity index (χ0v) is 13.2. The number of pyridine rings is 1. The monoisotopic (exact) mass is 353 g/mol. The Hall–Kier alpha value is -1.50. The van der Waals surface area contributed by atoms with Crippen LogP contribution in [0.1, 0.15) is 30.5 Å². The van der Waals surface area contributed by atoms with Crippen molar-refractivity contribution in [2.24, 2.45) is 5.84 Å². The van der Waals surface area contributed by atoms with E-state index in [0.717, 1.165) is 12.0 Å². The molecule has 2 aromatic rings. The first kappa shape index (κ1) is 15.9. The average molecular weight is 354 g/mol. The lowest BCUT2D eigenvalue weighted by Gasteiger charge is -2.18. The van der Waals surface area contributed by atoms with E-state index < -0.39 is 0 Å². The summed E-state index contributed by atoms with van der Waals surface area (Å²) in [5, 5.41) is 0. The summed E-state index contributed by atoms with van der Waals surface area (Å²) in [5.74, 6) is 5.97. The first-order valence-corrected chi connectivity index (χ1v) is 7.43. The van der Waals surface area contributed by atoms with Crippen molar-refractivity contribution in [1.82, 2.24) is 10.4 Å². The van der Waals surface area contributed by atoms with Gasteiger partial charge in [0.15, 0.2) is 0 Å². The van der Waals surface area contributed by atoms with Crippen LogP contribution in [0, 0.1) is 5.82 Å². The highest BCUT2D eigenvalue weighted by Gasteiger charge is 2.15. The molecule has 1 aromatic heterocycles. The topological polar surface area (TPSA) is 60.2 Å². The zero-order valence-electron chi connectivity index (χ0n) is 11.6. The Morgan fingerprint density at radius 2 is 2.10 bits per heavy atom. The van der Waals surface area contributed by atoms with Crippen LogP contribution in [-0.4, -0.2) is 11.6 Å². The van der Waals surface area contributed by atoms with Crippen LogP contribution >= 0.6 is 15.9 Å². The number of nitrogens with zero attached hydrogens (tertiary/aromatic N) is 1. The van der Waals surface area contributed by atoms with Gasteiger partial charge in [0.25, 0.3) is 0 Å². The number of nitrogens with two attached hydrogens (primary N) is 1. The van der Waals surface area contributed by atoms with Gasteiger partial charge in [-0.25, -0.2) is 9.82 Å². The number of benzene rings is 1. The van der Waals surface area contributed by atoms with Crippen LogP contribution in [0.25, 0.3) is 0 Å². The summed E-state index contributed by atoms with van der Waals surface area (Å²) in [5.41, 5.74) is 4.21. The predicted molar refractivity (Wildman–Crippen MR) is 83.3 cm³/mol. The van der Waals surface area contributed by atoms with E-state index in [1.165, 1.54) is 12.1 Å². The Kier molecular flexibility index (Phi) is 5.67. The molecule has 0 aliphatic rings. The molecule has 0 aliphatic carbocycles. The molecular weight excluding hydrogens is 337 g/mol. The van der Waals surface area contributed by atoms with Gasteiger partial charge in [-0.15, -0.1) is 0 Å². The van der Waals surface area contributed by atoms with Crippen molar-refractivity contribution in [2.45, 2.75) is 19.4 Å². The molecule has 0 saturated heterocycles. The van der Waals surface area contributed by atoms with E-state index >= 15 is 0 Å². The lowest BCUT2D eigenvalue weighted by atomic mass is 10.0. The predicted octanol–water partition coefficient (Wildman–Crippen LogP) is 3.32. The van der Waals surface area contributed by atoms with Gasteiger partial charge >= 0.3 is 0 Å². The lowest BCUT2D eigenvalue weighted by molar-refractivity contribution is 0.315. The fraction of sp³-hybridized carbons (Fsp3) is 0.267. The summed E-state index contributed by atoms with van der Waals surface area (Å²) >= 11 is 3.28. The second-order valence-electron chi connectivity index (χ2n) is 4.60. The number of nitrogens with one attached hydrogen (secondary N) is 1. The number of ether oxygens (including phenoxy) is 1. The minimum Gasteiger partial charge on any atom is -0.492 e. The third-order valence-electron chi connectivity index (χ3n) is 2.93. The van der Waals surface area contributed by atoms with Crippen LogP contribution < -0.4 is 16.0 Å². The Morgan fingerprint density at radius 3 is 2.76 bits per heavy atom. The van der Waals surface area contributed by atoms with Crippen molar-refractivity contribution >= 4 is 15.9 Å². The molecule has 112 valence electrons. The lowest BCUT2D eigenvalue weighted by Crippen LogP contribution is -2.29. The highest BCUT2D eigenvalue weighted by atomic mass is 79.9. The second-order valence-corrected chi connectivity index (χ2v) is 5.52. The molecule has 4 nitrogen and oxygen atoms in total. The molecule has 21 heavy (non-hydrogen) atoms. The maximum Gasteiger partial charge on any atom is 0.137 e. The summed E-state index contributed by atoms with van der Waals surface area (Å²) < 4.78 is 19.8. The SMILES string of the molecule is CCCOc1cncc(C(NN)c2cc(F)cc(Br)c2)c1.